The number of amides is 1. The SMILES string of the molecule is CC1=C(C(=O)N2CCCN(c3cccc(F)c3)CC2)C2(CCNCC2)OC1=O. The maximum absolute atomic E-state index is 13.6. The third-order valence-corrected chi connectivity index (χ3v) is 6.01. The molecule has 3 heterocycles. The van der Waals surface area contributed by atoms with Gasteiger partial charge in [-0.25, -0.2) is 9.18 Å². The number of carbonyl (C=O) groups is 2. The topological polar surface area (TPSA) is 61.9 Å². The zero-order valence-electron chi connectivity index (χ0n) is 16.2. The van der Waals surface area contributed by atoms with E-state index in [1.807, 2.05) is 11.0 Å². The van der Waals surface area contributed by atoms with Crippen molar-refractivity contribution in [3.63, 3.8) is 0 Å². The van der Waals surface area contributed by atoms with Crippen LogP contribution in [0.3, 0.4) is 0 Å². The summed E-state index contributed by atoms with van der Waals surface area (Å²) >= 11 is 0. The summed E-state index contributed by atoms with van der Waals surface area (Å²) in [4.78, 5) is 29.6. The van der Waals surface area contributed by atoms with Gasteiger partial charge in [0, 0.05) is 50.3 Å². The molecule has 0 saturated carbocycles. The second-order valence-corrected chi connectivity index (χ2v) is 7.75. The molecule has 0 unspecified atom stereocenters. The van der Waals surface area contributed by atoms with Gasteiger partial charge in [-0.05, 0) is 44.6 Å². The van der Waals surface area contributed by atoms with E-state index in [1.54, 1.807) is 13.0 Å². The molecule has 1 aromatic rings. The van der Waals surface area contributed by atoms with Crippen molar-refractivity contribution in [2.24, 2.45) is 0 Å². The maximum Gasteiger partial charge on any atom is 0.335 e. The van der Waals surface area contributed by atoms with Crippen LogP contribution >= 0.6 is 0 Å². The van der Waals surface area contributed by atoms with E-state index in [0.717, 1.165) is 31.7 Å². The van der Waals surface area contributed by atoms with E-state index in [9.17, 15) is 14.0 Å². The van der Waals surface area contributed by atoms with Gasteiger partial charge in [-0.15, -0.1) is 0 Å². The number of piperidine rings is 1. The van der Waals surface area contributed by atoms with Gasteiger partial charge < -0.3 is 19.9 Å². The standard InChI is InChI=1S/C21H26FN3O3/c1-15-18(21(28-20(15)27)6-8-23-9-7-21)19(26)25-11-3-10-24(12-13-25)17-5-2-4-16(22)14-17/h2,4-5,14,23H,3,6-13H2,1H3. The lowest BCUT2D eigenvalue weighted by Crippen LogP contribution is -2.48. The summed E-state index contributed by atoms with van der Waals surface area (Å²) in [6.07, 6.45) is 2.04. The number of hydrogen-bond acceptors (Lipinski definition) is 5. The van der Waals surface area contributed by atoms with Crippen LogP contribution in [0.15, 0.2) is 35.4 Å². The summed E-state index contributed by atoms with van der Waals surface area (Å²) in [5.74, 6) is -0.724. The van der Waals surface area contributed by atoms with E-state index in [1.165, 1.54) is 12.1 Å². The van der Waals surface area contributed by atoms with Crippen LogP contribution in [0.4, 0.5) is 10.1 Å². The number of carbonyl (C=O) groups excluding carboxylic acids is 2. The molecular formula is C21H26FN3O3. The summed E-state index contributed by atoms with van der Waals surface area (Å²) in [6.45, 7) is 5.69. The van der Waals surface area contributed by atoms with E-state index in [2.05, 4.69) is 10.2 Å². The Labute approximate surface area is 164 Å². The van der Waals surface area contributed by atoms with Gasteiger partial charge in [0.1, 0.15) is 11.4 Å². The number of rotatable bonds is 2. The Morgan fingerprint density at radius 1 is 1.18 bits per heavy atom. The number of benzene rings is 1. The van der Waals surface area contributed by atoms with Crippen molar-refractivity contribution < 1.29 is 18.7 Å². The minimum Gasteiger partial charge on any atom is -0.450 e. The fraction of sp³-hybridized carbons (Fsp3) is 0.524. The zero-order valence-corrected chi connectivity index (χ0v) is 16.2. The van der Waals surface area contributed by atoms with E-state index in [0.29, 0.717) is 43.6 Å². The Balaban J connectivity index is 1.52. The number of halogens is 1. The van der Waals surface area contributed by atoms with Crippen molar-refractivity contribution in [2.75, 3.05) is 44.2 Å². The zero-order chi connectivity index (χ0) is 19.7. The number of ether oxygens (including phenoxy) is 1. The van der Waals surface area contributed by atoms with Crippen LogP contribution in [0.2, 0.25) is 0 Å². The summed E-state index contributed by atoms with van der Waals surface area (Å²) in [5, 5.41) is 3.27. The van der Waals surface area contributed by atoms with Crippen LogP contribution in [-0.2, 0) is 14.3 Å². The van der Waals surface area contributed by atoms with Crippen molar-refractivity contribution in [1.82, 2.24) is 10.2 Å². The maximum atomic E-state index is 13.6. The highest BCUT2D eigenvalue weighted by atomic mass is 19.1. The van der Waals surface area contributed by atoms with Crippen LogP contribution in [0.5, 0.6) is 0 Å². The van der Waals surface area contributed by atoms with Gasteiger partial charge in [-0.1, -0.05) is 6.07 Å². The average Bonchev–Trinajstić information content (AvgIpc) is 2.85. The summed E-state index contributed by atoms with van der Waals surface area (Å²) in [7, 11) is 0. The summed E-state index contributed by atoms with van der Waals surface area (Å²) in [6, 6.07) is 6.55. The van der Waals surface area contributed by atoms with E-state index in [4.69, 9.17) is 4.74 Å². The van der Waals surface area contributed by atoms with Gasteiger partial charge in [0.2, 0.25) is 0 Å². The Kier molecular flexibility index (Phi) is 5.10. The lowest BCUT2D eigenvalue weighted by molar-refractivity contribution is -0.149. The largest absolute Gasteiger partial charge is 0.450 e. The molecule has 0 atom stereocenters. The third kappa shape index (κ3) is 3.39. The molecular weight excluding hydrogens is 361 g/mol. The van der Waals surface area contributed by atoms with Crippen LogP contribution in [0.1, 0.15) is 26.2 Å². The molecule has 6 nitrogen and oxygen atoms in total. The molecule has 7 heteroatoms. The Morgan fingerprint density at radius 3 is 2.71 bits per heavy atom. The van der Waals surface area contributed by atoms with Gasteiger partial charge in [0.05, 0.1) is 5.57 Å². The van der Waals surface area contributed by atoms with Crippen molar-refractivity contribution in [2.45, 2.75) is 31.8 Å². The molecule has 2 fully saturated rings. The molecule has 0 bridgehead atoms. The van der Waals surface area contributed by atoms with Crippen molar-refractivity contribution in [1.29, 1.82) is 0 Å². The van der Waals surface area contributed by atoms with Gasteiger partial charge in [-0.2, -0.15) is 0 Å². The summed E-state index contributed by atoms with van der Waals surface area (Å²) in [5.41, 5.74) is 1.04. The average molecular weight is 387 g/mol. The minimum atomic E-state index is -0.780. The molecule has 28 heavy (non-hydrogen) atoms. The molecule has 150 valence electrons. The molecule has 1 amide bonds. The number of esters is 1. The smallest absolute Gasteiger partial charge is 0.335 e. The first-order chi connectivity index (χ1) is 13.5. The monoisotopic (exact) mass is 387 g/mol. The number of nitrogens with one attached hydrogen (secondary N) is 1. The second-order valence-electron chi connectivity index (χ2n) is 7.75. The van der Waals surface area contributed by atoms with Gasteiger partial charge in [0.25, 0.3) is 5.91 Å². The second kappa shape index (κ2) is 7.54. The predicted molar refractivity (Wildman–Crippen MR) is 103 cm³/mol. The molecule has 3 aliphatic rings. The molecule has 1 spiro atoms. The Bertz CT molecular complexity index is 817. The number of nitrogens with zero attached hydrogens (tertiary/aromatic N) is 2. The first kappa shape index (κ1) is 18.9. The normalized spacial score (nSPS) is 22.4. The Morgan fingerprint density at radius 2 is 1.96 bits per heavy atom. The van der Waals surface area contributed by atoms with E-state index in [-0.39, 0.29) is 17.7 Å². The first-order valence-corrected chi connectivity index (χ1v) is 9.95. The van der Waals surface area contributed by atoms with Crippen LogP contribution in [0, 0.1) is 5.82 Å². The highest BCUT2D eigenvalue weighted by molar-refractivity contribution is 6.07. The molecule has 4 rings (SSSR count). The minimum absolute atomic E-state index is 0.0913. The number of hydrogen-bond donors (Lipinski definition) is 1. The van der Waals surface area contributed by atoms with E-state index < -0.39 is 5.60 Å². The molecule has 3 aliphatic heterocycles. The van der Waals surface area contributed by atoms with Crippen LogP contribution in [0.25, 0.3) is 0 Å². The van der Waals surface area contributed by atoms with Gasteiger partial charge in [-0.3, -0.25) is 4.79 Å². The van der Waals surface area contributed by atoms with Crippen LogP contribution in [-0.4, -0.2) is 61.6 Å². The van der Waals surface area contributed by atoms with Crippen LogP contribution < -0.4 is 10.2 Å². The lowest BCUT2D eigenvalue weighted by Gasteiger charge is -2.36. The molecule has 2 saturated heterocycles. The lowest BCUT2D eigenvalue weighted by atomic mass is 9.83. The summed E-state index contributed by atoms with van der Waals surface area (Å²) < 4.78 is 19.3. The fourth-order valence-corrected chi connectivity index (χ4v) is 4.50. The van der Waals surface area contributed by atoms with Crippen molar-refractivity contribution in [3.05, 3.63) is 41.2 Å². The first-order valence-electron chi connectivity index (χ1n) is 9.95. The molecule has 0 radical (unpaired) electrons. The quantitative estimate of drug-likeness (QED) is 0.785. The third-order valence-electron chi connectivity index (χ3n) is 6.01. The Hall–Kier alpha value is -2.41. The molecule has 1 N–H and O–H groups in total. The van der Waals surface area contributed by atoms with E-state index >= 15 is 0 Å². The van der Waals surface area contributed by atoms with Crippen molar-refractivity contribution in [3.8, 4) is 0 Å². The highest BCUT2D eigenvalue weighted by Gasteiger charge is 2.50. The van der Waals surface area contributed by atoms with Gasteiger partial charge >= 0.3 is 5.97 Å². The number of anilines is 1. The fourth-order valence-electron chi connectivity index (χ4n) is 4.50. The predicted octanol–water partition coefficient (Wildman–Crippen LogP) is 1.86. The molecule has 1 aromatic carbocycles. The van der Waals surface area contributed by atoms with Crippen molar-refractivity contribution >= 4 is 17.6 Å². The molecule has 0 aliphatic carbocycles. The molecule has 0 aromatic heterocycles. The van der Waals surface area contributed by atoms with Gasteiger partial charge in [0.15, 0.2) is 0 Å². The highest BCUT2D eigenvalue weighted by Crippen LogP contribution is 2.40.